The van der Waals surface area contributed by atoms with E-state index in [0.717, 1.165) is 23.3 Å². The maximum atomic E-state index is 12.6. The third-order valence-electron chi connectivity index (χ3n) is 4.09. The van der Waals surface area contributed by atoms with Crippen molar-refractivity contribution >= 4 is 29.9 Å². The highest BCUT2D eigenvalue weighted by Crippen LogP contribution is 2.29. The second kappa shape index (κ2) is 14.1. The summed E-state index contributed by atoms with van der Waals surface area (Å²) in [6.07, 6.45) is -2.03. The van der Waals surface area contributed by atoms with Crippen molar-refractivity contribution in [3.8, 4) is 5.88 Å². The highest BCUT2D eigenvalue weighted by atomic mass is 127. The molecule has 2 rings (SSSR count). The van der Waals surface area contributed by atoms with Crippen LogP contribution in [0.25, 0.3) is 0 Å². The topological polar surface area (TPSA) is 67.8 Å². The molecule has 1 heterocycles. The Bertz CT molecular complexity index is 785. The molecule has 0 aliphatic rings. The molecule has 10 heteroatoms. The summed E-state index contributed by atoms with van der Waals surface area (Å²) in [5, 5.41) is 6.33. The van der Waals surface area contributed by atoms with E-state index in [0.29, 0.717) is 51.1 Å². The number of aromatic nitrogens is 1. The molecule has 2 N–H and O–H groups in total. The van der Waals surface area contributed by atoms with Crippen LogP contribution >= 0.6 is 24.0 Å². The van der Waals surface area contributed by atoms with Gasteiger partial charge in [0.25, 0.3) is 0 Å². The van der Waals surface area contributed by atoms with E-state index in [9.17, 15) is 13.2 Å². The van der Waals surface area contributed by atoms with Gasteiger partial charge in [-0.2, -0.15) is 13.2 Å². The molecule has 0 aliphatic carbocycles. The molecule has 0 spiro atoms. The van der Waals surface area contributed by atoms with Gasteiger partial charge in [0.05, 0.1) is 18.7 Å². The molecule has 0 saturated carbocycles. The Labute approximate surface area is 197 Å². The molecule has 31 heavy (non-hydrogen) atoms. The lowest BCUT2D eigenvalue weighted by Gasteiger charge is -2.12. The number of guanidine groups is 1. The second-order valence-corrected chi connectivity index (χ2v) is 6.41. The molecule has 0 atom stereocenters. The van der Waals surface area contributed by atoms with Crippen LogP contribution in [0.1, 0.15) is 23.6 Å². The van der Waals surface area contributed by atoms with Crippen LogP contribution in [0.3, 0.4) is 0 Å². The van der Waals surface area contributed by atoms with Gasteiger partial charge in [-0.3, -0.25) is 0 Å². The molecular weight excluding hydrogens is 524 g/mol. The van der Waals surface area contributed by atoms with Crippen LogP contribution in [0, 0.1) is 0 Å². The van der Waals surface area contributed by atoms with Crippen molar-refractivity contribution in [3.05, 3.63) is 59.3 Å². The van der Waals surface area contributed by atoms with Gasteiger partial charge in [0.15, 0.2) is 5.96 Å². The van der Waals surface area contributed by atoms with Crippen LogP contribution < -0.4 is 15.4 Å². The molecule has 1 aromatic heterocycles. The minimum absolute atomic E-state index is 0. The Kier molecular flexibility index (Phi) is 12.2. The fraction of sp³-hybridized carbons (Fsp3) is 0.429. The minimum atomic E-state index is -4.31. The maximum absolute atomic E-state index is 12.6. The number of benzene rings is 1. The zero-order chi connectivity index (χ0) is 21.8. The average Bonchev–Trinajstić information content (AvgIpc) is 2.73. The highest BCUT2D eigenvalue weighted by Gasteiger charge is 2.29. The number of alkyl halides is 3. The molecule has 0 unspecified atom stereocenters. The van der Waals surface area contributed by atoms with E-state index < -0.39 is 11.7 Å². The van der Waals surface area contributed by atoms with Gasteiger partial charge in [0, 0.05) is 32.5 Å². The molecule has 0 saturated heterocycles. The van der Waals surface area contributed by atoms with Crippen molar-refractivity contribution in [1.29, 1.82) is 0 Å². The van der Waals surface area contributed by atoms with E-state index >= 15 is 0 Å². The second-order valence-electron chi connectivity index (χ2n) is 6.41. The molecule has 172 valence electrons. The number of nitrogens with zero attached hydrogens (tertiary/aromatic N) is 2. The van der Waals surface area contributed by atoms with Crippen molar-refractivity contribution in [1.82, 2.24) is 15.6 Å². The number of ether oxygens (including phenoxy) is 2. The lowest BCUT2D eigenvalue weighted by Crippen LogP contribution is -2.38. The zero-order valence-electron chi connectivity index (χ0n) is 17.5. The monoisotopic (exact) mass is 552 g/mol. The molecule has 0 fully saturated rings. The molecule has 2 aromatic rings. The van der Waals surface area contributed by atoms with Gasteiger partial charge in [0.1, 0.15) is 6.61 Å². The summed E-state index contributed by atoms with van der Waals surface area (Å²) >= 11 is 0. The Hall–Kier alpha value is -2.08. The largest absolute Gasteiger partial charge is 0.475 e. The van der Waals surface area contributed by atoms with Gasteiger partial charge >= 0.3 is 6.18 Å². The third kappa shape index (κ3) is 10.2. The SMILES string of the molecule is CCNC(=NCc1ccc(OCCOC)nc1)NCCc1ccc(C(F)(F)F)cc1.I. The van der Waals surface area contributed by atoms with E-state index in [1.54, 1.807) is 19.4 Å². The number of nitrogens with one attached hydrogen (secondary N) is 2. The van der Waals surface area contributed by atoms with Gasteiger partial charge in [-0.15, -0.1) is 24.0 Å². The summed E-state index contributed by atoms with van der Waals surface area (Å²) in [5.41, 5.74) is 1.10. The van der Waals surface area contributed by atoms with Crippen LogP contribution in [0.2, 0.25) is 0 Å². The number of hydrogen-bond acceptors (Lipinski definition) is 4. The Balaban J connectivity index is 0.00000480. The molecule has 0 amide bonds. The quantitative estimate of drug-likeness (QED) is 0.202. The van der Waals surface area contributed by atoms with Crippen molar-refractivity contribution in [2.24, 2.45) is 4.99 Å². The van der Waals surface area contributed by atoms with Gasteiger partial charge in [-0.25, -0.2) is 9.98 Å². The highest BCUT2D eigenvalue weighted by molar-refractivity contribution is 14.0. The van der Waals surface area contributed by atoms with E-state index in [4.69, 9.17) is 9.47 Å². The summed E-state index contributed by atoms with van der Waals surface area (Å²) in [7, 11) is 1.61. The summed E-state index contributed by atoms with van der Waals surface area (Å²) in [5.74, 6) is 1.16. The standard InChI is InChI=1S/C21H27F3N4O2.HI/c1-3-25-20(26-11-10-16-4-7-18(8-5-16)21(22,23)24)28-15-17-6-9-19(27-14-17)30-13-12-29-2;/h4-9,14H,3,10-13,15H2,1-2H3,(H2,25,26,28);1H. The first-order chi connectivity index (χ1) is 14.4. The van der Waals surface area contributed by atoms with Gasteiger partial charge in [-0.1, -0.05) is 18.2 Å². The molecule has 1 aromatic carbocycles. The predicted molar refractivity (Wildman–Crippen MR) is 125 cm³/mol. The summed E-state index contributed by atoms with van der Waals surface area (Å²) in [4.78, 5) is 8.74. The summed E-state index contributed by atoms with van der Waals surface area (Å²) < 4.78 is 48.2. The first-order valence-electron chi connectivity index (χ1n) is 9.67. The third-order valence-corrected chi connectivity index (χ3v) is 4.09. The Morgan fingerprint density at radius 1 is 1.03 bits per heavy atom. The van der Waals surface area contributed by atoms with Crippen molar-refractivity contribution in [3.63, 3.8) is 0 Å². The summed E-state index contributed by atoms with van der Waals surface area (Å²) in [6.45, 7) is 4.56. The van der Waals surface area contributed by atoms with E-state index in [1.165, 1.54) is 12.1 Å². The number of methoxy groups -OCH3 is 1. The van der Waals surface area contributed by atoms with E-state index in [1.807, 2.05) is 13.0 Å². The van der Waals surface area contributed by atoms with Gasteiger partial charge in [-0.05, 0) is 36.6 Å². The first kappa shape index (κ1) is 27.0. The molecule has 0 radical (unpaired) electrons. The van der Waals surface area contributed by atoms with Crippen molar-refractivity contribution in [2.75, 3.05) is 33.4 Å². The number of halogens is 4. The number of pyridine rings is 1. The van der Waals surface area contributed by atoms with Crippen LogP contribution in [-0.4, -0.2) is 44.4 Å². The van der Waals surface area contributed by atoms with Crippen LogP contribution in [0.5, 0.6) is 5.88 Å². The Morgan fingerprint density at radius 2 is 1.74 bits per heavy atom. The fourth-order valence-electron chi connectivity index (χ4n) is 2.52. The van der Waals surface area contributed by atoms with Crippen LogP contribution in [0.15, 0.2) is 47.6 Å². The molecular formula is C21H28F3IN4O2. The smallest absolute Gasteiger partial charge is 0.416 e. The molecule has 6 nitrogen and oxygen atoms in total. The first-order valence-corrected chi connectivity index (χ1v) is 9.67. The van der Waals surface area contributed by atoms with Gasteiger partial charge < -0.3 is 20.1 Å². The summed E-state index contributed by atoms with van der Waals surface area (Å²) in [6, 6.07) is 8.87. The molecule has 0 bridgehead atoms. The Morgan fingerprint density at radius 3 is 2.32 bits per heavy atom. The molecule has 0 aliphatic heterocycles. The maximum Gasteiger partial charge on any atom is 0.416 e. The van der Waals surface area contributed by atoms with Crippen LogP contribution in [-0.2, 0) is 23.9 Å². The minimum Gasteiger partial charge on any atom is -0.475 e. The predicted octanol–water partition coefficient (Wildman–Crippen LogP) is 4.04. The van der Waals surface area contributed by atoms with Crippen molar-refractivity contribution in [2.45, 2.75) is 26.1 Å². The zero-order valence-corrected chi connectivity index (χ0v) is 19.9. The lowest BCUT2D eigenvalue weighted by molar-refractivity contribution is -0.137. The number of aliphatic imine (C=N–C) groups is 1. The number of rotatable bonds is 10. The van der Waals surface area contributed by atoms with E-state index in [-0.39, 0.29) is 24.0 Å². The lowest BCUT2D eigenvalue weighted by atomic mass is 10.1. The normalized spacial score (nSPS) is 11.6. The van der Waals surface area contributed by atoms with Gasteiger partial charge in [0.2, 0.25) is 5.88 Å². The van der Waals surface area contributed by atoms with Crippen molar-refractivity contribution < 1.29 is 22.6 Å². The fourth-order valence-corrected chi connectivity index (χ4v) is 2.52. The number of hydrogen-bond donors (Lipinski definition) is 2. The average molecular weight is 552 g/mol. The van der Waals surface area contributed by atoms with Crippen LogP contribution in [0.4, 0.5) is 13.2 Å². The van der Waals surface area contributed by atoms with E-state index in [2.05, 4.69) is 20.6 Å².